The molecule has 5 nitrogen and oxygen atoms in total. The Morgan fingerprint density at radius 1 is 1.39 bits per heavy atom. The highest BCUT2D eigenvalue weighted by Gasteiger charge is 2.25. The second-order valence-corrected chi connectivity index (χ2v) is 5.18. The molecule has 5 heteroatoms. The number of ether oxygens (including phenoxy) is 1. The van der Waals surface area contributed by atoms with Gasteiger partial charge in [-0.3, -0.25) is 0 Å². The zero-order valence-electron chi connectivity index (χ0n) is 11.4. The van der Waals surface area contributed by atoms with Gasteiger partial charge in [-0.25, -0.2) is 9.50 Å². The molecule has 0 aromatic carbocycles. The lowest BCUT2D eigenvalue weighted by molar-refractivity contribution is -0.0245. The van der Waals surface area contributed by atoms with Gasteiger partial charge in [-0.15, -0.1) is 0 Å². The summed E-state index contributed by atoms with van der Waals surface area (Å²) in [4.78, 5) is 4.25. The molecular formula is C13H19N3O2. The molecule has 0 aliphatic rings. The number of rotatable bonds is 3. The van der Waals surface area contributed by atoms with E-state index >= 15 is 0 Å². The average molecular weight is 249 g/mol. The molecule has 2 heterocycles. The predicted molar refractivity (Wildman–Crippen MR) is 68.8 cm³/mol. The van der Waals surface area contributed by atoms with E-state index in [1.165, 1.54) is 0 Å². The van der Waals surface area contributed by atoms with Crippen molar-refractivity contribution in [2.75, 3.05) is 0 Å². The van der Waals surface area contributed by atoms with Gasteiger partial charge in [-0.05, 0) is 34.6 Å². The molecule has 2 aromatic rings. The number of aryl methyl sites for hydroxylation is 2. The number of aliphatic hydroxyl groups is 1. The Kier molecular flexibility index (Phi) is 3.02. The van der Waals surface area contributed by atoms with Crippen LogP contribution < -0.4 is 4.74 Å². The Morgan fingerprint density at radius 3 is 2.67 bits per heavy atom. The van der Waals surface area contributed by atoms with Crippen LogP contribution in [0.25, 0.3) is 5.65 Å². The topological polar surface area (TPSA) is 59.7 Å². The molecule has 1 unspecified atom stereocenters. The van der Waals surface area contributed by atoms with Crippen LogP contribution in [0.2, 0.25) is 0 Å². The van der Waals surface area contributed by atoms with Crippen molar-refractivity contribution in [3.63, 3.8) is 0 Å². The summed E-state index contributed by atoms with van der Waals surface area (Å²) in [5, 5.41) is 14.3. The Labute approximate surface area is 106 Å². The van der Waals surface area contributed by atoms with Crippen molar-refractivity contribution in [1.29, 1.82) is 0 Å². The van der Waals surface area contributed by atoms with Crippen LogP contribution >= 0.6 is 0 Å². The molecule has 0 fully saturated rings. The molecule has 98 valence electrons. The van der Waals surface area contributed by atoms with Crippen LogP contribution in [-0.4, -0.2) is 31.4 Å². The van der Waals surface area contributed by atoms with Gasteiger partial charge in [-0.2, -0.15) is 5.10 Å². The minimum Gasteiger partial charge on any atom is -0.486 e. The summed E-state index contributed by atoms with van der Waals surface area (Å²) in [5.74, 6) is 0.655. The quantitative estimate of drug-likeness (QED) is 0.902. The summed E-state index contributed by atoms with van der Waals surface area (Å²) in [6.45, 7) is 9.11. The van der Waals surface area contributed by atoms with Crippen molar-refractivity contribution < 1.29 is 9.84 Å². The number of nitrogens with zero attached hydrogens (tertiary/aromatic N) is 3. The van der Waals surface area contributed by atoms with Crippen molar-refractivity contribution in [2.24, 2.45) is 0 Å². The van der Waals surface area contributed by atoms with Crippen LogP contribution in [-0.2, 0) is 0 Å². The van der Waals surface area contributed by atoms with E-state index in [-0.39, 0.29) is 6.10 Å². The van der Waals surface area contributed by atoms with Crippen LogP contribution in [0, 0.1) is 13.8 Å². The molecule has 18 heavy (non-hydrogen) atoms. The Morgan fingerprint density at radius 2 is 2.06 bits per heavy atom. The van der Waals surface area contributed by atoms with Gasteiger partial charge in [0.2, 0.25) is 0 Å². The summed E-state index contributed by atoms with van der Waals surface area (Å²) >= 11 is 0. The van der Waals surface area contributed by atoms with Crippen molar-refractivity contribution in [1.82, 2.24) is 14.6 Å². The summed E-state index contributed by atoms with van der Waals surface area (Å²) in [6, 6.07) is 1.84. The molecule has 0 spiro atoms. The molecule has 0 bridgehead atoms. The summed E-state index contributed by atoms with van der Waals surface area (Å²) in [5.41, 5.74) is 1.61. The van der Waals surface area contributed by atoms with E-state index in [9.17, 15) is 5.11 Å². The molecule has 1 atom stereocenters. The molecule has 2 rings (SSSR count). The fourth-order valence-electron chi connectivity index (χ4n) is 1.55. The highest BCUT2D eigenvalue weighted by molar-refractivity contribution is 5.46. The number of aromatic nitrogens is 3. The van der Waals surface area contributed by atoms with E-state index in [1.54, 1.807) is 24.6 Å². The van der Waals surface area contributed by atoms with Gasteiger partial charge in [0.05, 0.1) is 17.5 Å². The highest BCUT2D eigenvalue weighted by atomic mass is 16.5. The van der Waals surface area contributed by atoms with Crippen LogP contribution in [0.3, 0.4) is 0 Å². The van der Waals surface area contributed by atoms with E-state index in [0.29, 0.717) is 5.75 Å². The normalized spacial score (nSPS) is 13.9. The van der Waals surface area contributed by atoms with Crippen LogP contribution in [0.1, 0.15) is 32.2 Å². The average Bonchev–Trinajstić information content (AvgIpc) is 2.59. The van der Waals surface area contributed by atoms with Gasteiger partial charge in [0.25, 0.3) is 0 Å². The fraction of sp³-hybridized carbons (Fsp3) is 0.538. The van der Waals surface area contributed by atoms with Gasteiger partial charge in [0.1, 0.15) is 17.5 Å². The van der Waals surface area contributed by atoms with E-state index in [4.69, 9.17) is 4.74 Å². The number of hydrogen-bond acceptors (Lipinski definition) is 4. The Balaban J connectivity index is 2.37. The van der Waals surface area contributed by atoms with Crippen molar-refractivity contribution in [3.8, 4) is 5.75 Å². The second-order valence-electron chi connectivity index (χ2n) is 5.18. The van der Waals surface area contributed by atoms with Gasteiger partial charge in [0.15, 0.2) is 5.65 Å². The molecule has 0 aliphatic heterocycles. The van der Waals surface area contributed by atoms with Gasteiger partial charge in [-0.1, -0.05) is 0 Å². The number of imidazole rings is 1. The molecule has 0 amide bonds. The maximum atomic E-state index is 9.89. The van der Waals surface area contributed by atoms with Gasteiger partial charge < -0.3 is 9.84 Å². The lowest BCUT2D eigenvalue weighted by Gasteiger charge is -2.27. The van der Waals surface area contributed by atoms with Crippen LogP contribution in [0.4, 0.5) is 0 Å². The lowest BCUT2D eigenvalue weighted by Crippen LogP contribution is -2.38. The van der Waals surface area contributed by atoms with Crippen LogP contribution in [0.5, 0.6) is 5.75 Å². The number of fused-ring (bicyclic) bond motifs is 1. The van der Waals surface area contributed by atoms with E-state index < -0.39 is 5.60 Å². The minimum atomic E-state index is -0.899. The second kappa shape index (κ2) is 4.24. The van der Waals surface area contributed by atoms with Gasteiger partial charge in [0, 0.05) is 6.07 Å². The molecule has 0 saturated heterocycles. The first-order valence-corrected chi connectivity index (χ1v) is 6.00. The van der Waals surface area contributed by atoms with E-state index in [1.807, 2.05) is 26.8 Å². The first-order valence-electron chi connectivity index (χ1n) is 6.00. The summed E-state index contributed by atoms with van der Waals surface area (Å²) in [7, 11) is 0. The molecule has 0 aliphatic carbocycles. The molecular weight excluding hydrogens is 230 g/mol. The van der Waals surface area contributed by atoms with Crippen LogP contribution in [0.15, 0.2) is 12.3 Å². The predicted octanol–water partition coefficient (Wildman–Crippen LogP) is 1.88. The third-order valence-corrected chi connectivity index (χ3v) is 3.10. The fourth-order valence-corrected chi connectivity index (χ4v) is 1.55. The summed E-state index contributed by atoms with van der Waals surface area (Å²) in [6.07, 6.45) is 1.45. The Hall–Kier alpha value is -1.62. The van der Waals surface area contributed by atoms with Crippen molar-refractivity contribution in [2.45, 2.75) is 46.3 Å². The third-order valence-electron chi connectivity index (χ3n) is 3.10. The SMILES string of the molecule is Cc1nn2c(C)cnc2cc1OC(C)C(C)(C)O. The third kappa shape index (κ3) is 2.31. The highest BCUT2D eigenvalue weighted by Crippen LogP contribution is 2.22. The first-order chi connectivity index (χ1) is 8.29. The zero-order valence-corrected chi connectivity index (χ0v) is 11.4. The van der Waals surface area contributed by atoms with E-state index in [2.05, 4.69) is 10.1 Å². The summed E-state index contributed by atoms with van der Waals surface area (Å²) < 4.78 is 7.54. The minimum absolute atomic E-state index is 0.323. The molecule has 2 aromatic heterocycles. The van der Waals surface area contributed by atoms with E-state index in [0.717, 1.165) is 17.0 Å². The lowest BCUT2D eigenvalue weighted by atomic mass is 10.0. The Bertz CT molecular complexity index is 569. The maximum absolute atomic E-state index is 9.89. The largest absolute Gasteiger partial charge is 0.486 e. The van der Waals surface area contributed by atoms with Gasteiger partial charge >= 0.3 is 0 Å². The van der Waals surface area contributed by atoms with Crippen molar-refractivity contribution in [3.05, 3.63) is 23.7 Å². The monoisotopic (exact) mass is 249 g/mol. The zero-order chi connectivity index (χ0) is 13.5. The smallest absolute Gasteiger partial charge is 0.157 e. The first kappa shape index (κ1) is 12.8. The van der Waals surface area contributed by atoms with Crippen molar-refractivity contribution >= 4 is 5.65 Å². The molecule has 0 saturated carbocycles. The maximum Gasteiger partial charge on any atom is 0.157 e. The standard InChI is InChI=1S/C13H19N3O2/c1-8-7-14-12-6-11(9(2)15-16(8)12)18-10(3)13(4,5)17/h6-7,10,17H,1-5H3. The number of hydrogen-bond donors (Lipinski definition) is 1. The molecule has 1 N–H and O–H groups in total. The molecule has 0 radical (unpaired) electrons.